The van der Waals surface area contributed by atoms with Crippen LogP contribution in [0.4, 0.5) is 0 Å². The zero-order chi connectivity index (χ0) is 12.4. The van der Waals surface area contributed by atoms with Gasteiger partial charge in [-0.05, 0) is 41.0 Å². The van der Waals surface area contributed by atoms with Gasteiger partial charge in [-0.15, -0.1) is 0 Å². The molecule has 0 saturated heterocycles. The van der Waals surface area contributed by atoms with Crippen molar-refractivity contribution in [2.45, 2.75) is 6.54 Å². The molecule has 2 aromatic rings. The molecule has 2 N–H and O–H groups in total. The Morgan fingerprint density at radius 3 is 2.12 bits per heavy atom. The number of halogens is 3. The molecule has 0 bridgehead atoms. The molecule has 0 aliphatic carbocycles. The third-order valence-electron chi connectivity index (χ3n) is 2.52. The summed E-state index contributed by atoms with van der Waals surface area (Å²) in [4.78, 5) is 0. The van der Waals surface area contributed by atoms with E-state index in [0.29, 0.717) is 21.6 Å². The largest absolute Gasteiger partial charge is 0.326 e. The summed E-state index contributed by atoms with van der Waals surface area (Å²) in [6.45, 7) is 0.369. The maximum Gasteiger partial charge on any atom is 0.0471 e. The summed E-state index contributed by atoms with van der Waals surface area (Å²) < 4.78 is 0. The van der Waals surface area contributed by atoms with E-state index in [0.717, 1.165) is 16.7 Å². The second-order valence-corrected chi connectivity index (χ2v) is 4.90. The van der Waals surface area contributed by atoms with Gasteiger partial charge >= 0.3 is 0 Å². The number of nitrogens with two attached hydrogens (primary N) is 1. The lowest BCUT2D eigenvalue weighted by atomic mass is 10.00. The highest BCUT2D eigenvalue weighted by Crippen LogP contribution is 2.32. The Morgan fingerprint density at radius 1 is 0.882 bits per heavy atom. The van der Waals surface area contributed by atoms with E-state index < -0.39 is 0 Å². The standard InChI is InChI=1S/C13H10Cl3N/c14-9-3-1-8(2-4-9)11-5-10(15)6-13(16)12(11)7-17/h1-6H,7,17H2. The van der Waals surface area contributed by atoms with Crippen LogP contribution >= 0.6 is 34.8 Å². The van der Waals surface area contributed by atoms with Crippen LogP contribution in [0.25, 0.3) is 11.1 Å². The quantitative estimate of drug-likeness (QED) is 0.845. The van der Waals surface area contributed by atoms with E-state index in [4.69, 9.17) is 40.5 Å². The Balaban J connectivity index is 2.61. The summed E-state index contributed by atoms with van der Waals surface area (Å²) in [6.07, 6.45) is 0. The third-order valence-corrected chi connectivity index (χ3v) is 3.33. The van der Waals surface area contributed by atoms with E-state index >= 15 is 0 Å². The van der Waals surface area contributed by atoms with Crippen LogP contribution in [-0.2, 0) is 6.54 Å². The van der Waals surface area contributed by atoms with Crippen LogP contribution in [0.5, 0.6) is 0 Å². The van der Waals surface area contributed by atoms with Crippen molar-refractivity contribution in [1.29, 1.82) is 0 Å². The number of benzene rings is 2. The van der Waals surface area contributed by atoms with Gasteiger partial charge in [-0.2, -0.15) is 0 Å². The van der Waals surface area contributed by atoms with Gasteiger partial charge in [0.25, 0.3) is 0 Å². The van der Waals surface area contributed by atoms with Crippen molar-refractivity contribution < 1.29 is 0 Å². The normalized spacial score (nSPS) is 10.6. The summed E-state index contributed by atoms with van der Waals surface area (Å²) in [6, 6.07) is 11.1. The third kappa shape index (κ3) is 2.75. The minimum absolute atomic E-state index is 0.369. The summed E-state index contributed by atoms with van der Waals surface area (Å²) in [5.74, 6) is 0. The second kappa shape index (κ2) is 5.28. The maximum atomic E-state index is 6.13. The highest BCUT2D eigenvalue weighted by Gasteiger charge is 2.09. The smallest absolute Gasteiger partial charge is 0.0471 e. The van der Waals surface area contributed by atoms with E-state index in [-0.39, 0.29) is 0 Å². The minimum Gasteiger partial charge on any atom is -0.326 e. The van der Waals surface area contributed by atoms with Crippen LogP contribution in [-0.4, -0.2) is 0 Å². The van der Waals surface area contributed by atoms with Gasteiger partial charge in [0.2, 0.25) is 0 Å². The van der Waals surface area contributed by atoms with Crippen LogP contribution < -0.4 is 5.73 Å². The first-order valence-electron chi connectivity index (χ1n) is 5.05. The molecule has 0 heterocycles. The summed E-state index contributed by atoms with van der Waals surface area (Å²) in [5, 5.41) is 1.87. The first kappa shape index (κ1) is 12.7. The molecule has 0 amide bonds. The summed E-state index contributed by atoms with van der Waals surface area (Å²) in [5.41, 5.74) is 8.55. The molecule has 0 aromatic heterocycles. The lowest BCUT2D eigenvalue weighted by Crippen LogP contribution is -2.00. The average molecular weight is 287 g/mol. The van der Waals surface area contributed by atoms with E-state index in [1.165, 1.54) is 0 Å². The molecule has 0 atom stereocenters. The predicted molar refractivity (Wildman–Crippen MR) is 74.8 cm³/mol. The SMILES string of the molecule is NCc1c(Cl)cc(Cl)cc1-c1ccc(Cl)cc1. The van der Waals surface area contributed by atoms with Gasteiger partial charge in [0, 0.05) is 21.6 Å². The fourth-order valence-corrected chi connectivity index (χ4v) is 2.39. The Labute approximate surface area is 115 Å². The predicted octanol–water partition coefficient (Wildman–Crippen LogP) is 4.77. The van der Waals surface area contributed by atoms with Crippen LogP contribution in [0.2, 0.25) is 15.1 Å². The number of hydrogen-bond donors (Lipinski definition) is 1. The average Bonchev–Trinajstić information content (AvgIpc) is 2.29. The van der Waals surface area contributed by atoms with Gasteiger partial charge in [-0.3, -0.25) is 0 Å². The van der Waals surface area contributed by atoms with Crippen LogP contribution in [0.15, 0.2) is 36.4 Å². The van der Waals surface area contributed by atoms with Crippen LogP contribution in [0, 0.1) is 0 Å². The highest BCUT2D eigenvalue weighted by atomic mass is 35.5. The first-order valence-corrected chi connectivity index (χ1v) is 6.19. The second-order valence-electron chi connectivity index (χ2n) is 3.62. The lowest BCUT2D eigenvalue weighted by Gasteiger charge is -2.11. The molecule has 0 fully saturated rings. The van der Waals surface area contributed by atoms with Crippen molar-refractivity contribution in [3.8, 4) is 11.1 Å². The van der Waals surface area contributed by atoms with E-state index in [2.05, 4.69) is 0 Å². The van der Waals surface area contributed by atoms with Gasteiger partial charge < -0.3 is 5.73 Å². The van der Waals surface area contributed by atoms with Crippen molar-refractivity contribution in [1.82, 2.24) is 0 Å². The molecular formula is C13H10Cl3N. The van der Waals surface area contributed by atoms with Crippen molar-refractivity contribution in [2.75, 3.05) is 0 Å². The van der Waals surface area contributed by atoms with E-state index in [1.807, 2.05) is 30.3 Å². The van der Waals surface area contributed by atoms with Gasteiger partial charge in [-0.1, -0.05) is 46.9 Å². The monoisotopic (exact) mass is 285 g/mol. The van der Waals surface area contributed by atoms with Gasteiger partial charge in [0.15, 0.2) is 0 Å². The van der Waals surface area contributed by atoms with Gasteiger partial charge in [0.1, 0.15) is 0 Å². The lowest BCUT2D eigenvalue weighted by molar-refractivity contribution is 1.07. The topological polar surface area (TPSA) is 26.0 Å². The molecular weight excluding hydrogens is 277 g/mol. The Kier molecular flexibility index (Phi) is 3.95. The van der Waals surface area contributed by atoms with E-state index in [9.17, 15) is 0 Å². The molecule has 0 unspecified atom stereocenters. The van der Waals surface area contributed by atoms with Crippen LogP contribution in [0.1, 0.15) is 5.56 Å². The molecule has 0 saturated carbocycles. The summed E-state index contributed by atoms with van der Waals surface area (Å²) in [7, 11) is 0. The molecule has 0 aliphatic heterocycles. The molecule has 0 spiro atoms. The highest BCUT2D eigenvalue weighted by molar-refractivity contribution is 6.35. The molecule has 17 heavy (non-hydrogen) atoms. The molecule has 4 heteroatoms. The number of hydrogen-bond acceptors (Lipinski definition) is 1. The molecule has 0 radical (unpaired) electrons. The van der Waals surface area contributed by atoms with E-state index in [1.54, 1.807) is 6.07 Å². The fourth-order valence-electron chi connectivity index (χ4n) is 1.70. The van der Waals surface area contributed by atoms with Crippen LogP contribution in [0.3, 0.4) is 0 Å². The molecule has 88 valence electrons. The Morgan fingerprint density at radius 2 is 1.53 bits per heavy atom. The van der Waals surface area contributed by atoms with Gasteiger partial charge in [0.05, 0.1) is 0 Å². The van der Waals surface area contributed by atoms with Crippen molar-refractivity contribution in [2.24, 2.45) is 5.73 Å². The Bertz CT molecular complexity index is 535. The first-order chi connectivity index (χ1) is 8.11. The van der Waals surface area contributed by atoms with Crippen molar-refractivity contribution >= 4 is 34.8 Å². The van der Waals surface area contributed by atoms with Crippen molar-refractivity contribution in [3.63, 3.8) is 0 Å². The molecule has 0 aliphatic rings. The molecule has 1 nitrogen and oxygen atoms in total. The van der Waals surface area contributed by atoms with Gasteiger partial charge in [-0.25, -0.2) is 0 Å². The maximum absolute atomic E-state index is 6.13. The fraction of sp³-hybridized carbons (Fsp3) is 0.0769. The minimum atomic E-state index is 0.369. The zero-order valence-corrected chi connectivity index (χ0v) is 11.2. The summed E-state index contributed by atoms with van der Waals surface area (Å²) >= 11 is 18.0. The number of rotatable bonds is 2. The Hall–Kier alpha value is -0.730. The molecule has 2 rings (SSSR count). The zero-order valence-electron chi connectivity index (χ0n) is 8.88. The van der Waals surface area contributed by atoms with Crippen molar-refractivity contribution in [3.05, 3.63) is 57.0 Å². The molecule has 2 aromatic carbocycles.